The molecule has 3 aromatic rings. The highest BCUT2D eigenvalue weighted by molar-refractivity contribution is 5.88. The molecule has 14 atom stereocenters. The molecular formula is C68H106N12O. The lowest BCUT2D eigenvalue weighted by Gasteiger charge is -2.70. The van der Waals surface area contributed by atoms with E-state index < -0.39 is 0 Å². The van der Waals surface area contributed by atoms with E-state index in [9.17, 15) is 10.1 Å². The van der Waals surface area contributed by atoms with Crippen LogP contribution >= 0.6 is 0 Å². The normalized spacial score (nSPS) is 42.2. The number of rotatable bonds is 3. The highest BCUT2D eigenvalue weighted by Crippen LogP contribution is 2.78. The number of aryl methyl sites for hydroxylation is 1. The van der Waals surface area contributed by atoms with Gasteiger partial charge >= 0.3 is 0 Å². The zero-order valence-electron chi connectivity index (χ0n) is 53.1. The lowest BCUT2D eigenvalue weighted by atomic mass is 9.33. The molecule has 6 unspecified atom stereocenters. The van der Waals surface area contributed by atoms with E-state index in [-0.39, 0.29) is 77.7 Å². The van der Waals surface area contributed by atoms with Crippen LogP contribution in [0.1, 0.15) is 234 Å². The third-order valence-electron chi connectivity index (χ3n) is 28.0. The number of Topliss-reactive ketones (excluding diaryl/α,β-unsaturated/α-hetero) is 1. The van der Waals surface area contributed by atoms with Crippen LogP contribution in [0.4, 0.5) is 17.5 Å². The maximum absolute atomic E-state index is 13.7. The van der Waals surface area contributed by atoms with Crippen LogP contribution in [0.5, 0.6) is 0 Å². The average molecular weight is 1110 g/mol. The molecule has 10 aliphatic carbocycles. The first kappa shape index (κ1) is 58.4. The lowest BCUT2D eigenvalue weighted by Crippen LogP contribution is -2.64. The predicted molar refractivity (Wildman–Crippen MR) is 327 cm³/mol. The number of ketones is 1. The van der Waals surface area contributed by atoms with Crippen LogP contribution in [0.25, 0.3) is 0 Å². The zero-order chi connectivity index (χ0) is 58.9. The number of fused-ring (bicyclic) bond motifs is 16. The van der Waals surface area contributed by atoms with Gasteiger partial charge in [-0.1, -0.05) is 120 Å². The van der Waals surface area contributed by atoms with E-state index in [1.807, 2.05) is 11.7 Å². The van der Waals surface area contributed by atoms with E-state index in [1.54, 1.807) is 18.2 Å². The van der Waals surface area contributed by atoms with E-state index in [1.165, 1.54) is 92.4 Å². The number of hydrogen-bond acceptors (Lipinski definition) is 10. The molecule has 0 amide bonds. The Kier molecular flexibility index (Phi) is 13.4. The van der Waals surface area contributed by atoms with Crippen LogP contribution < -0.4 is 28.5 Å². The number of aromatic nitrogens is 6. The summed E-state index contributed by atoms with van der Waals surface area (Å²) in [6.45, 7) is 35.1. The lowest BCUT2D eigenvalue weighted by molar-refractivity contribution is -0.166. The summed E-state index contributed by atoms with van der Waals surface area (Å²) in [6, 6.07) is 4.41. The number of nitrogen functional groups attached to an aromatic ring is 3. The van der Waals surface area contributed by atoms with E-state index >= 15 is 0 Å². The second-order valence-corrected chi connectivity index (χ2v) is 33.1. The fourth-order valence-electron chi connectivity index (χ4n) is 23.3. The van der Waals surface area contributed by atoms with Gasteiger partial charge < -0.3 is 17.2 Å². The Morgan fingerprint density at radius 1 is 0.654 bits per heavy atom. The maximum Gasteiger partial charge on any atom is 0.153 e. The van der Waals surface area contributed by atoms with E-state index in [2.05, 4.69) is 153 Å². The average Bonchev–Trinajstić information content (AvgIpc) is 3.02. The van der Waals surface area contributed by atoms with Crippen molar-refractivity contribution in [1.82, 2.24) is 35.6 Å². The number of anilines is 3. The summed E-state index contributed by atoms with van der Waals surface area (Å²) in [5, 5.41) is 30.2. The summed E-state index contributed by atoms with van der Waals surface area (Å²) >= 11 is 0. The third-order valence-corrected chi connectivity index (χ3v) is 28.0. The number of nitriles is 1. The van der Waals surface area contributed by atoms with Gasteiger partial charge in [0.2, 0.25) is 0 Å². The van der Waals surface area contributed by atoms with Crippen molar-refractivity contribution in [2.45, 2.75) is 235 Å². The number of allylic oxidation sites excluding steroid dienone is 4. The zero-order valence-corrected chi connectivity index (χ0v) is 53.1. The molecule has 10 aliphatic rings. The molecule has 3 aromatic heterocycles. The fourth-order valence-corrected chi connectivity index (χ4v) is 23.3. The number of hydrazine groups is 1. The monoisotopic (exact) mass is 1110 g/mol. The van der Waals surface area contributed by atoms with Crippen LogP contribution in [0.15, 0.2) is 29.4 Å². The maximum atomic E-state index is 13.7. The van der Waals surface area contributed by atoms with Crippen molar-refractivity contribution in [3.8, 4) is 6.07 Å². The molecule has 0 radical (unpaired) electrons. The van der Waals surface area contributed by atoms with Crippen molar-refractivity contribution >= 4 is 23.2 Å². The van der Waals surface area contributed by atoms with Gasteiger partial charge in [-0.05, 0) is 201 Å². The summed E-state index contributed by atoms with van der Waals surface area (Å²) in [5.74, 6) is 10.2. The number of nitrogens with two attached hydrogens (primary N) is 4. The standard InChI is InChI=1S/C34H52N6.C33H48N4O.CH6N2/c1-29(2)13-15-34(25-17-26(35)40(8)39-25)16-14-32(6)21(22(34)19-29)9-10-24-31(5)18-20-27(37-38-28(20)36)30(3,4)23(31)11-12-33(24,32)7;1-28(2)13-15-33(25(38)11-17-34)16-14-31(6)21(22(33)19-28)8-9-24-30(5)18-20-26(36-37-27(20)35)29(3,4)23(30)10-12-32(24,31)7;1-3-2/h9,17,22-24H,10-16,18-19,35H2,1-8H3,(H3,36,37,38);8,22-24H,9-16,18-19H2,1-7H3,(H3,35,36,37);3H,2H2,1H3/t22?,23?,24?,31-,32+,33+,34-;22?,23?,24?,30-,31+,32+,33-;/m00./s1. The summed E-state index contributed by atoms with van der Waals surface area (Å²) < 4.78 is 1.89. The Morgan fingerprint density at radius 2 is 1.09 bits per heavy atom. The van der Waals surface area contributed by atoms with Gasteiger partial charge in [0.15, 0.2) is 5.78 Å². The molecule has 13 rings (SSSR count). The van der Waals surface area contributed by atoms with Crippen LogP contribution in [-0.2, 0) is 40.9 Å². The van der Waals surface area contributed by atoms with Crippen molar-refractivity contribution in [2.24, 2.45) is 97.1 Å². The van der Waals surface area contributed by atoms with Gasteiger partial charge in [-0.3, -0.25) is 30.9 Å². The SMILES string of the molecule is CC1(C)CC[C@]2(C(=O)CC#N)CC[C@]3(C)C(=CCC4[C@@]5(C)Cc6c(N)n[nH]c6C(C)(C)C5CC[C@]43C)C2C1.CNN.Cn1nc([C@]23CCC(C)(C)CC2C2=CCC4[C@@]5(C)Cc6c(N)n[nH]c6C(C)(C)C5CC[C@@]4(C)[C@]2(C)CC3)cc1N. The van der Waals surface area contributed by atoms with Gasteiger partial charge in [0, 0.05) is 57.3 Å². The quantitative estimate of drug-likeness (QED) is 0.0745. The number of hydrogen-bond donors (Lipinski definition) is 7. The van der Waals surface area contributed by atoms with Crippen molar-refractivity contribution < 1.29 is 4.79 Å². The number of aromatic amines is 2. The van der Waals surface area contributed by atoms with Crippen LogP contribution in [0, 0.1) is 95.6 Å². The van der Waals surface area contributed by atoms with Crippen molar-refractivity contribution in [3.05, 3.63) is 57.6 Å². The van der Waals surface area contributed by atoms with Gasteiger partial charge in [-0.25, -0.2) is 0 Å². The van der Waals surface area contributed by atoms with Gasteiger partial charge in [-0.15, -0.1) is 0 Å². The van der Waals surface area contributed by atoms with Gasteiger partial charge in [0.05, 0.1) is 18.2 Å². The second-order valence-electron chi connectivity index (χ2n) is 33.1. The Labute approximate surface area is 486 Å². The molecule has 11 N–H and O–H groups in total. The first-order valence-corrected chi connectivity index (χ1v) is 31.8. The third kappa shape index (κ3) is 7.83. The molecule has 13 heteroatoms. The molecule has 3 heterocycles. The van der Waals surface area contributed by atoms with Crippen LogP contribution in [-0.4, -0.2) is 43.0 Å². The summed E-state index contributed by atoms with van der Waals surface area (Å²) in [5.41, 5.74) is 32.7. The van der Waals surface area contributed by atoms with E-state index in [0.29, 0.717) is 40.8 Å². The van der Waals surface area contributed by atoms with Gasteiger partial charge in [0.1, 0.15) is 17.5 Å². The highest BCUT2D eigenvalue weighted by atomic mass is 16.1. The second kappa shape index (κ2) is 18.5. The molecule has 444 valence electrons. The topological polar surface area (TPSA) is 232 Å². The molecule has 0 aromatic carbocycles. The fraction of sp³-hybridized carbons (Fsp3) is 0.779. The minimum Gasteiger partial charge on any atom is -0.384 e. The smallest absolute Gasteiger partial charge is 0.153 e. The molecule has 0 spiro atoms. The number of nitrogens with zero attached hydrogens (tertiary/aromatic N) is 5. The minimum absolute atomic E-state index is 0.0119. The van der Waals surface area contributed by atoms with Crippen LogP contribution in [0.2, 0.25) is 0 Å². The molecule has 6 saturated carbocycles. The summed E-state index contributed by atoms with van der Waals surface area (Å²) in [4.78, 5) is 13.7. The van der Waals surface area contributed by atoms with Gasteiger partial charge in [0.25, 0.3) is 0 Å². The predicted octanol–water partition coefficient (Wildman–Crippen LogP) is 13.4. The van der Waals surface area contributed by atoms with Crippen LogP contribution in [0.3, 0.4) is 0 Å². The first-order valence-electron chi connectivity index (χ1n) is 31.8. The van der Waals surface area contributed by atoms with E-state index in [4.69, 9.17) is 22.3 Å². The Hall–Kier alpha value is -4.41. The van der Waals surface area contributed by atoms with E-state index in [0.717, 1.165) is 63.0 Å². The Bertz CT molecular complexity index is 3090. The molecule has 81 heavy (non-hydrogen) atoms. The number of carbonyl (C=O) groups is 1. The minimum atomic E-state index is -0.339. The Morgan fingerprint density at radius 3 is 1.56 bits per heavy atom. The number of H-pyrrole nitrogens is 2. The number of carbonyl (C=O) groups excluding carboxylic acids is 1. The largest absolute Gasteiger partial charge is 0.384 e. The van der Waals surface area contributed by atoms with Gasteiger partial charge in [-0.2, -0.15) is 20.6 Å². The van der Waals surface area contributed by atoms with Crippen molar-refractivity contribution in [2.75, 3.05) is 24.2 Å². The van der Waals surface area contributed by atoms with Crippen molar-refractivity contribution in [3.63, 3.8) is 0 Å². The molecule has 0 aliphatic heterocycles. The Balaban J connectivity index is 0.000000163. The molecule has 0 bridgehead atoms. The summed E-state index contributed by atoms with van der Waals surface area (Å²) in [7, 11) is 3.65. The van der Waals surface area contributed by atoms with Crippen molar-refractivity contribution in [1.29, 1.82) is 5.26 Å². The summed E-state index contributed by atoms with van der Waals surface area (Å²) in [6.07, 6.45) is 26.0. The molecule has 0 saturated heterocycles. The molecule has 13 nitrogen and oxygen atoms in total. The number of nitrogens with one attached hydrogen (secondary N) is 3. The first-order chi connectivity index (χ1) is 37.7. The molecular weight excluding hydrogens is 1000 g/mol. The highest BCUT2D eigenvalue weighted by Gasteiger charge is 2.71. The molecule has 6 fully saturated rings.